The molecule has 1 aromatic carbocycles. The van der Waals surface area contributed by atoms with Gasteiger partial charge in [-0.15, -0.1) is 0 Å². The molecular weight excluding hydrogens is 282 g/mol. The van der Waals surface area contributed by atoms with Gasteiger partial charge < -0.3 is 4.42 Å². The molecule has 112 valence electrons. The maximum Gasteiger partial charge on any atom is 0.250 e. The van der Waals surface area contributed by atoms with Gasteiger partial charge in [-0.1, -0.05) is 6.07 Å². The van der Waals surface area contributed by atoms with Gasteiger partial charge in [0.2, 0.25) is 11.8 Å². The number of likely N-dealkylation sites (N-methyl/N-ethyl adjacent to an activating group) is 1. The average molecular weight is 297 g/mol. The van der Waals surface area contributed by atoms with E-state index in [1.54, 1.807) is 19.4 Å². The monoisotopic (exact) mass is 297 g/mol. The number of fused-ring (bicyclic) bond motifs is 1. The van der Waals surface area contributed by atoms with E-state index in [-0.39, 0.29) is 12.3 Å². The van der Waals surface area contributed by atoms with E-state index in [9.17, 15) is 4.79 Å². The smallest absolute Gasteiger partial charge is 0.250 e. The summed E-state index contributed by atoms with van der Waals surface area (Å²) in [5, 5.41) is 1.20. The number of oxazole rings is 1. The molecule has 0 aliphatic heterocycles. The van der Waals surface area contributed by atoms with E-state index in [1.807, 2.05) is 30.3 Å². The molecule has 0 saturated carbocycles. The number of hydroxylamine groups is 2. The van der Waals surface area contributed by atoms with Crippen LogP contribution in [0.1, 0.15) is 5.56 Å². The number of benzene rings is 1. The quantitative estimate of drug-likeness (QED) is 0.692. The minimum atomic E-state index is -0.131. The molecule has 0 bridgehead atoms. The summed E-state index contributed by atoms with van der Waals surface area (Å²) in [7, 11) is 3.04. The van der Waals surface area contributed by atoms with Gasteiger partial charge in [0, 0.05) is 19.4 Å². The molecule has 2 heterocycles. The lowest BCUT2D eigenvalue weighted by atomic mass is 10.1. The van der Waals surface area contributed by atoms with E-state index in [1.165, 1.54) is 12.2 Å². The van der Waals surface area contributed by atoms with E-state index in [0.717, 1.165) is 16.6 Å². The first-order valence-corrected chi connectivity index (χ1v) is 6.78. The Morgan fingerprint density at radius 2 is 2.23 bits per heavy atom. The van der Waals surface area contributed by atoms with Crippen LogP contribution in [0.2, 0.25) is 0 Å². The van der Waals surface area contributed by atoms with Gasteiger partial charge in [-0.3, -0.25) is 14.6 Å². The number of amides is 1. The fraction of sp³-hybridized carbons (Fsp3) is 0.188. The maximum atomic E-state index is 11.9. The molecule has 0 N–H and O–H groups in total. The molecule has 0 fully saturated rings. The number of aromatic nitrogens is 2. The summed E-state index contributed by atoms with van der Waals surface area (Å²) in [5.74, 6) is 0.384. The highest BCUT2D eigenvalue weighted by molar-refractivity contribution is 5.81. The fourth-order valence-electron chi connectivity index (χ4n) is 2.08. The second-order valence-electron chi connectivity index (χ2n) is 4.81. The lowest BCUT2D eigenvalue weighted by molar-refractivity contribution is -0.167. The number of hydrogen-bond acceptors (Lipinski definition) is 5. The molecule has 6 nitrogen and oxygen atoms in total. The van der Waals surface area contributed by atoms with Crippen LogP contribution in [0.5, 0.6) is 0 Å². The molecule has 0 saturated heterocycles. The summed E-state index contributed by atoms with van der Waals surface area (Å²) < 4.78 is 5.76. The van der Waals surface area contributed by atoms with Crippen LogP contribution in [-0.2, 0) is 16.1 Å². The van der Waals surface area contributed by atoms with Gasteiger partial charge in [0.15, 0.2) is 5.58 Å². The van der Waals surface area contributed by atoms with E-state index in [4.69, 9.17) is 9.25 Å². The second kappa shape index (κ2) is 5.95. The molecule has 3 aromatic rings. The van der Waals surface area contributed by atoms with Crippen LogP contribution in [0.25, 0.3) is 22.6 Å². The summed E-state index contributed by atoms with van der Waals surface area (Å²) in [6.07, 6.45) is 3.63. The van der Waals surface area contributed by atoms with Crippen molar-refractivity contribution in [2.24, 2.45) is 0 Å². The number of rotatable bonds is 4. The summed E-state index contributed by atoms with van der Waals surface area (Å²) in [6, 6.07) is 9.24. The highest BCUT2D eigenvalue weighted by atomic mass is 16.7. The number of hydrogen-bond donors (Lipinski definition) is 0. The molecule has 3 rings (SSSR count). The Morgan fingerprint density at radius 1 is 1.36 bits per heavy atom. The van der Waals surface area contributed by atoms with Gasteiger partial charge in [0.1, 0.15) is 5.52 Å². The summed E-state index contributed by atoms with van der Waals surface area (Å²) in [4.78, 5) is 25.2. The lowest BCUT2D eigenvalue weighted by Crippen LogP contribution is -2.26. The van der Waals surface area contributed by atoms with Crippen LogP contribution >= 0.6 is 0 Å². The topological polar surface area (TPSA) is 68.5 Å². The van der Waals surface area contributed by atoms with Crippen LogP contribution in [-0.4, -0.2) is 35.1 Å². The molecule has 1 amide bonds. The van der Waals surface area contributed by atoms with Crippen LogP contribution in [0.4, 0.5) is 0 Å². The third-order valence-corrected chi connectivity index (χ3v) is 3.34. The molecule has 2 aromatic heterocycles. The maximum absolute atomic E-state index is 11.9. The van der Waals surface area contributed by atoms with Gasteiger partial charge >= 0.3 is 0 Å². The van der Waals surface area contributed by atoms with E-state index in [2.05, 4.69) is 9.97 Å². The Labute approximate surface area is 127 Å². The SMILES string of the molecule is CON(C)C(=O)Cc1ccc2nc(-c3cccnc3)oc2c1. The number of pyridine rings is 1. The molecule has 0 atom stereocenters. The van der Waals surface area contributed by atoms with Crippen molar-refractivity contribution in [1.29, 1.82) is 0 Å². The van der Waals surface area contributed by atoms with E-state index in [0.29, 0.717) is 11.5 Å². The Bertz CT molecular complexity index is 799. The van der Waals surface area contributed by atoms with Crippen molar-refractivity contribution < 1.29 is 14.0 Å². The van der Waals surface area contributed by atoms with Gasteiger partial charge in [0.05, 0.1) is 19.1 Å². The van der Waals surface area contributed by atoms with Crippen molar-refractivity contribution >= 4 is 17.0 Å². The van der Waals surface area contributed by atoms with Crippen LogP contribution in [0, 0.1) is 0 Å². The van der Waals surface area contributed by atoms with Crippen molar-refractivity contribution in [1.82, 2.24) is 15.0 Å². The summed E-state index contributed by atoms with van der Waals surface area (Å²) in [5.41, 5.74) is 3.05. The molecule has 0 radical (unpaired) electrons. The van der Waals surface area contributed by atoms with E-state index < -0.39 is 0 Å². The largest absolute Gasteiger partial charge is 0.436 e. The number of carbonyl (C=O) groups is 1. The zero-order chi connectivity index (χ0) is 15.5. The van der Waals surface area contributed by atoms with Gasteiger partial charge in [-0.2, -0.15) is 0 Å². The summed E-state index contributed by atoms with van der Waals surface area (Å²) in [6.45, 7) is 0. The van der Waals surface area contributed by atoms with Crippen molar-refractivity contribution in [3.8, 4) is 11.5 Å². The zero-order valence-corrected chi connectivity index (χ0v) is 12.3. The van der Waals surface area contributed by atoms with Crippen molar-refractivity contribution in [2.45, 2.75) is 6.42 Å². The predicted molar refractivity (Wildman–Crippen MR) is 80.7 cm³/mol. The molecule has 6 heteroatoms. The van der Waals surface area contributed by atoms with Gasteiger partial charge in [-0.25, -0.2) is 10.0 Å². The Morgan fingerprint density at radius 3 is 2.95 bits per heavy atom. The first kappa shape index (κ1) is 14.2. The molecule has 0 unspecified atom stereocenters. The number of carbonyl (C=O) groups excluding carboxylic acids is 1. The Kier molecular flexibility index (Phi) is 3.84. The molecule has 0 aliphatic rings. The first-order valence-electron chi connectivity index (χ1n) is 6.78. The molecular formula is C16H15N3O3. The van der Waals surface area contributed by atoms with Crippen molar-refractivity contribution in [2.75, 3.05) is 14.2 Å². The Hall–Kier alpha value is -2.73. The third kappa shape index (κ3) is 2.82. The van der Waals surface area contributed by atoms with Gasteiger partial charge in [0.25, 0.3) is 0 Å². The normalized spacial score (nSPS) is 10.8. The second-order valence-corrected chi connectivity index (χ2v) is 4.81. The Balaban J connectivity index is 1.89. The highest BCUT2D eigenvalue weighted by Gasteiger charge is 2.12. The minimum absolute atomic E-state index is 0.131. The van der Waals surface area contributed by atoms with Crippen LogP contribution in [0.15, 0.2) is 47.1 Å². The molecule has 22 heavy (non-hydrogen) atoms. The van der Waals surface area contributed by atoms with Crippen molar-refractivity contribution in [3.05, 3.63) is 48.3 Å². The molecule has 0 aliphatic carbocycles. The predicted octanol–water partition coefficient (Wildman–Crippen LogP) is 2.45. The third-order valence-electron chi connectivity index (χ3n) is 3.34. The fourth-order valence-corrected chi connectivity index (χ4v) is 2.08. The highest BCUT2D eigenvalue weighted by Crippen LogP contribution is 2.24. The standard InChI is InChI=1S/C16H15N3O3/c1-19(21-2)15(20)9-11-5-6-13-14(8-11)22-16(18-13)12-4-3-7-17-10-12/h3-8,10H,9H2,1-2H3. The molecule has 0 spiro atoms. The zero-order valence-electron chi connectivity index (χ0n) is 12.3. The van der Waals surface area contributed by atoms with E-state index >= 15 is 0 Å². The van der Waals surface area contributed by atoms with Crippen LogP contribution < -0.4 is 0 Å². The average Bonchev–Trinajstić information content (AvgIpc) is 2.98. The van der Waals surface area contributed by atoms with Crippen molar-refractivity contribution in [3.63, 3.8) is 0 Å². The number of nitrogens with zero attached hydrogens (tertiary/aromatic N) is 3. The lowest BCUT2D eigenvalue weighted by Gasteiger charge is -2.13. The first-order chi connectivity index (χ1) is 10.7. The van der Waals surface area contributed by atoms with Crippen LogP contribution in [0.3, 0.4) is 0 Å². The minimum Gasteiger partial charge on any atom is -0.436 e. The summed E-state index contributed by atoms with van der Waals surface area (Å²) >= 11 is 0. The van der Waals surface area contributed by atoms with Gasteiger partial charge in [-0.05, 0) is 29.8 Å².